The topological polar surface area (TPSA) is 110 Å². The molecule has 1 saturated heterocycles. The quantitative estimate of drug-likeness (QED) is 0.393. The Morgan fingerprint density at radius 3 is 2.59 bits per heavy atom. The molecule has 0 aromatic carbocycles. The van der Waals surface area contributed by atoms with Crippen LogP contribution in [0.3, 0.4) is 0 Å². The van der Waals surface area contributed by atoms with Crippen LogP contribution in [0.4, 0.5) is 0 Å². The van der Waals surface area contributed by atoms with Crippen molar-refractivity contribution in [2.75, 3.05) is 11.8 Å². The molecule has 0 bridgehead atoms. The summed E-state index contributed by atoms with van der Waals surface area (Å²) in [6, 6.07) is -1.22. The highest BCUT2D eigenvalue weighted by molar-refractivity contribution is 8.00. The highest BCUT2D eigenvalue weighted by atomic mass is 35.5. The second-order valence-electron chi connectivity index (χ2n) is 12.7. The van der Waals surface area contributed by atoms with Crippen molar-refractivity contribution in [1.82, 2.24) is 4.90 Å². The number of allylic oxidation sites excluding steroid dienone is 4. The number of esters is 2. The number of ketones is 1. The van der Waals surface area contributed by atoms with Gasteiger partial charge in [-0.2, -0.15) is 0 Å². The molecule has 0 aromatic heterocycles. The molecule has 4 fully saturated rings. The van der Waals surface area contributed by atoms with Crippen LogP contribution < -0.4 is 0 Å². The third-order valence-electron chi connectivity index (χ3n) is 10.5. The number of aliphatic hydroxyl groups is 1. The fourth-order valence-electron chi connectivity index (χ4n) is 8.84. The number of aliphatic hydroxyl groups excluding tert-OH is 1. The molecule has 3 saturated carbocycles. The smallest absolute Gasteiger partial charge is 0.352 e. The summed E-state index contributed by atoms with van der Waals surface area (Å²) in [6.07, 6.45) is 7.04. The summed E-state index contributed by atoms with van der Waals surface area (Å²) in [4.78, 5) is 53.1. The van der Waals surface area contributed by atoms with Gasteiger partial charge >= 0.3 is 11.9 Å². The Morgan fingerprint density at radius 1 is 1.21 bits per heavy atom. The van der Waals surface area contributed by atoms with E-state index in [0.29, 0.717) is 12.2 Å². The largest absolute Gasteiger partial charge is 0.446 e. The number of ether oxygens (including phenoxy) is 2. The van der Waals surface area contributed by atoms with E-state index in [1.807, 2.05) is 26.8 Å². The number of alkyl halides is 1. The molecule has 5 aliphatic rings. The van der Waals surface area contributed by atoms with Gasteiger partial charge in [0.2, 0.25) is 11.5 Å². The molecule has 1 heterocycles. The lowest BCUT2D eigenvalue weighted by Gasteiger charge is -2.59. The molecule has 1 amide bonds. The third-order valence-corrected chi connectivity index (χ3v) is 12.0. The number of thioether (sulfide) groups is 1. The summed E-state index contributed by atoms with van der Waals surface area (Å²) in [5, 5.41) is 11.7. The van der Waals surface area contributed by atoms with Crippen molar-refractivity contribution in [2.24, 2.45) is 28.6 Å². The number of hydrogen-bond donors (Lipinski definition) is 1. The predicted molar refractivity (Wildman–Crippen MR) is 146 cm³/mol. The van der Waals surface area contributed by atoms with Gasteiger partial charge in [0, 0.05) is 29.4 Å². The number of rotatable bonds is 4. The Bertz CT molecular complexity index is 1170. The Morgan fingerprint density at radius 2 is 1.92 bits per heavy atom. The summed E-state index contributed by atoms with van der Waals surface area (Å²) in [6.45, 7) is 9.21. The lowest BCUT2D eigenvalue weighted by Crippen LogP contribution is -2.63. The zero-order valence-electron chi connectivity index (χ0n) is 23.2. The minimum atomic E-state index is -1.63. The maximum absolute atomic E-state index is 13.8. The van der Waals surface area contributed by atoms with Crippen molar-refractivity contribution in [3.05, 3.63) is 23.8 Å². The van der Waals surface area contributed by atoms with Crippen LogP contribution in [-0.4, -0.2) is 68.1 Å². The fourth-order valence-corrected chi connectivity index (χ4v) is 10.2. The monoisotopic (exact) mass is 579 g/mol. The van der Waals surface area contributed by atoms with Gasteiger partial charge in [-0.15, -0.1) is 11.8 Å². The molecular formula is C29H38ClNO7S. The first-order valence-electron chi connectivity index (χ1n) is 13.7. The van der Waals surface area contributed by atoms with Crippen LogP contribution in [0.5, 0.6) is 0 Å². The van der Waals surface area contributed by atoms with E-state index in [1.54, 1.807) is 12.2 Å². The molecule has 214 valence electrons. The first kappa shape index (κ1) is 28.7. The number of amides is 1. The number of carbonyl (C=O) groups excluding carboxylic acids is 4. The average molecular weight is 580 g/mol. The van der Waals surface area contributed by atoms with Gasteiger partial charge < -0.3 is 19.5 Å². The number of carbonyl (C=O) groups is 4. The van der Waals surface area contributed by atoms with E-state index >= 15 is 0 Å². The molecule has 4 aliphatic carbocycles. The molecule has 0 radical (unpaired) electrons. The average Bonchev–Trinajstić information content (AvgIpc) is 3.33. The van der Waals surface area contributed by atoms with Gasteiger partial charge in [0.15, 0.2) is 11.8 Å². The van der Waals surface area contributed by atoms with Gasteiger partial charge in [0.05, 0.1) is 11.0 Å². The normalized spacial score (nSPS) is 42.2. The highest BCUT2D eigenvalue weighted by Gasteiger charge is 2.71. The Hall–Kier alpha value is -1.84. The van der Waals surface area contributed by atoms with Crippen LogP contribution in [0.15, 0.2) is 23.8 Å². The van der Waals surface area contributed by atoms with E-state index in [4.69, 9.17) is 21.1 Å². The minimum absolute atomic E-state index is 0.0238. The molecular weight excluding hydrogens is 542 g/mol. The maximum atomic E-state index is 13.8. The molecule has 8 nitrogen and oxygen atoms in total. The van der Waals surface area contributed by atoms with Crippen LogP contribution in [0.25, 0.3) is 0 Å². The van der Waals surface area contributed by atoms with E-state index in [9.17, 15) is 24.3 Å². The van der Waals surface area contributed by atoms with Gasteiger partial charge in [-0.05, 0) is 69.9 Å². The van der Waals surface area contributed by atoms with Gasteiger partial charge in [0.1, 0.15) is 6.04 Å². The number of hydrogen-bond acceptors (Lipinski definition) is 8. The Labute approximate surface area is 238 Å². The van der Waals surface area contributed by atoms with Crippen LogP contribution in [0, 0.1) is 28.6 Å². The van der Waals surface area contributed by atoms with Crippen molar-refractivity contribution in [2.45, 2.75) is 89.3 Å². The van der Waals surface area contributed by atoms with Gasteiger partial charge in [-0.3, -0.25) is 9.59 Å². The number of fused-ring (bicyclic) bond motifs is 5. The summed E-state index contributed by atoms with van der Waals surface area (Å²) in [5.41, 5.74) is -1.95. The van der Waals surface area contributed by atoms with E-state index < -0.39 is 45.4 Å². The van der Waals surface area contributed by atoms with Crippen molar-refractivity contribution < 1.29 is 33.8 Å². The molecule has 8 atom stereocenters. The second-order valence-corrected chi connectivity index (χ2v) is 14.5. The lowest BCUT2D eigenvalue weighted by molar-refractivity contribution is -0.214. The van der Waals surface area contributed by atoms with Crippen molar-refractivity contribution >= 4 is 47.0 Å². The molecule has 10 heteroatoms. The lowest BCUT2D eigenvalue weighted by atomic mass is 9.46. The van der Waals surface area contributed by atoms with Gasteiger partial charge in [0.25, 0.3) is 0 Å². The van der Waals surface area contributed by atoms with Crippen LogP contribution >= 0.6 is 23.4 Å². The van der Waals surface area contributed by atoms with E-state index in [-0.39, 0.29) is 48.4 Å². The standard InChI is InChI=1S/C29H38ClNO7S/c1-16(32)31-21(14-39-26(31,2)3)24(35)38-29(25(36)37-15-30)11-9-20-19-7-6-17-12-18(33)8-10-27(17,4)23(19)22(34)13-28(20,29)5/h8,10,12,19-23,34H,6-7,9,11,13-15H2,1-5H3/t19-,20-,21-,22-,23+,27-,28-,29-/m0/s1. The van der Waals surface area contributed by atoms with E-state index in [2.05, 4.69) is 6.92 Å². The highest BCUT2D eigenvalue weighted by Crippen LogP contribution is 2.68. The molecule has 0 spiro atoms. The third kappa shape index (κ3) is 4.12. The summed E-state index contributed by atoms with van der Waals surface area (Å²) >= 11 is 7.32. The fraction of sp³-hybridized carbons (Fsp3) is 0.724. The number of halogens is 1. The molecule has 39 heavy (non-hydrogen) atoms. The maximum Gasteiger partial charge on any atom is 0.352 e. The number of nitrogens with zero attached hydrogens (tertiary/aromatic N) is 1. The van der Waals surface area contributed by atoms with Crippen molar-refractivity contribution in [3.8, 4) is 0 Å². The first-order chi connectivity index (χ1) is 18.2. The SMILES string of the molecule is CC(=O)N1[C@H](C(=O)O[C@]2(C(=O)OCCl)CC[C@H]3[C@@H]4CCC5=CC(=O)C=C[C@]5(C)[C@H]4[C@@H](O)C[C@@]32C)CSC1(C)C. The van der Waals surface area contributed by atoms with Crippen molar-refractivity contribution in [3.63, 3.8) is 0 Å². The molecule has 0 aromatic rings. The summed E-state index contributed by atoms with van der Waals surface area (Å²) < 4.78 is 11.6. The first-order valence-corrected chi connectivity index (χ1v) is 15.3. The van der Waals surface area contributed by atoms with Crippen LogP contribution in [0.2, 0.25) is 0 Å². The Balaban J connectivity index is 1.51. The predicted octanol–water partition coefficient (Wildman–Crippen LogP) is 3.99. The Kier molecular flexibility index (Phi) is 7.08. The molecule has 0 unspecified atom stereocenters. The zero-order valence-corrected chi connectivity index (χ0v) is 24.8. The van der Waals surface area contributed by atoms with E-state index in [0.717, 1.165) is 18.4 Å². The van der Waals surface area contributed by atoms with Gasteiger partial charge in [-0.25, -0.2) is 9.59 Å². The van der Waals surface area contributed by atoms with Crippen LogP contribution in [0.1, 0.15) is 66.7 Å². The summed E-state index contributed by atoms with van der Waals surface area (Å²) in [7, 11) is 0. The van der Waals surface area contributed by atoms with Crippen LogP contribution in [-0.2, 0) is 28.7 Å². The van der Waals surface area contributed by atoms with E-state index in [1.165, 1.54) is 23.6 Å². The second kappa shape index (κ2) is 9.62. The minimum Gasteiger partial charge on any atom is -0.446 e. The summed E-state index contributed by atoms with van der Waals surface area (Å²) in [5.74, 6) is -1.35. The zero-order chi connectivity index (χ0) is 28.5. The van der Waals surface area contributed by atoms with Crippen molar-refractivity contribution in [1.29, 1.82) is 0 Å². The molecule has 1 aliphatic heterocycles. The van der Waals surface area contributed by atoms with Gasteiger partial charge in [-0.1, -0.05) is 37.1 Å². The molecule has 1 N–H and O–H groups in total. The molecule has 5 rings (SSSR count).